The van der Waals surface area contributed by atoms with E-state index in [-0.39, 0.29) is 0 Å². The molecule has 19 heavy (non-hydrogen) atoms. The Morgan fingerprint density at radius 2 is 2.05 bits per heavy atom. The highest BCUT2D eigenvalue weighted by Gasteiger charge is 2.27. The minimum atomic E-state index is 0.706. The van der Waals surface area contributed by atoms with E-state index in [0.29, 0.717) is 6.04 Å². The maximum Gasteiger partial charge on any atom is 0.0419 e. The number of anilines is 1. The van der Waals surface area contributed by atoms with Crippen molar-refractivity contribution in [2.45, 2.75) is 31.6 Å². The molecule has 0 aliphatic carbocycles. The lowest BCUT2D eigenvalue weighted by molar-refractivity contribution is 0.232. The second-order valence-electron chi connectivity index (χ2n) is 5.02. The first kappa shape index (κ1) is 15.3. The quantitative estimate of drug-likeness (QED) is 0.694. The fourth-order valence-corrected chi connectivity index (χ4v) is 3.77. The molecule has 1 aromatic carbocycles. The Kier molecular flexibility index (Phi) is 5.72. The minimum absolute atomic E-state index is 0.706. The molecule has 0 spiro atoms. The zero-order valence-corrected chi connectivity index (χ0v) is 14.9. The van der Waals surface area contributed by atoms with E-state index in [2.05, 4.69) is 73.7 Å². The second-order valence-corrected chi connectivity index (χ2v) is 6.49. The zero-order valence-electron chi connectivity index (χ0n) is 11.7. The summed E-state index contributed by atoms with van der Waals surface area (Å²) in [5, 5.41) is 0.919. The SMILES string of the molecule is CCN(CC)C1CCN(c2cc(Br)ccc2CBr)C1. The highest BCUT2D eigenvalue weighted by atomic mass is 79.9. The van der Waals surface area contributed by atoms with Crippen LogP contribution in [0, 0.1) is 0 Å². The molecule has 2 rings (SSSR count). The molecule has 0 radical (unpaired) electrons. The molecule has 4 heteroatoms. The van der Waals surface area contributed by atoms with Crippen LogP contribution in [0.5, 0.6) is 0 Å². The van der Waals surface area contributed by atoms with E-state index < -0.39 is 0 Å². The summed E-state index contributed by atoms with van der Waals surface area (Å²) in [5.41, 5.74) is 2.75. The first-order valence-electron chi connectivity index (χ1n) is 7.03. The molecule has 1 unspecified atom stereocenters. The molecule has 1 heterocycles. The third-order valence-electron chi connectivity index (χ3n) is 4.02. The summed E-state index contributed by atoms with van der Waals surface area (Å²) < 4.78 is 1.17. The molecule has 2 nitrogen and oxygen atoms in total. The molecule has 0 bridgehead atoms. The number of rotatable bonds is 5. The van der Waals surface area contributed by atoms with Crippen molar-refractivity contribution in [2.75, 3.05) is 31.1 Å². The summed E-state index contributed by atoms with van der Waals surface area (Å²) in [5.74, 6) is 0. The van der Waals surface area contributed by atoms with Gasteiger partial charge in [-0.3, -0.25) is 4.90 Å². The average Bonchev–Trinajstić information content (AvgIpc) is 2.89. The van der Waals surface area contributed by atoms with Crippen LogP contribution in [0.15, 0.2) is 22.7 Å². The fourth-order valence-electron chi connectivity index (χ4n) is 2.94. The van der Waals surface area contributed by atoms with Crippen molar-refractivity contribution >= 4 is 37.5 Å². The summed E-state index contributed by atoms with van der Waals surface area (Å²) in [6.45, 7) is 9.14. The van der Waals surface area contributed by atoms with Crippen molar-refractivity contribution < 1.29 is 0 Å². The Bertz CT molecular complexity index is 419. The Balaban J connectivity index is 2.14. The van der Waals surface area contributed by atoms with Gasteiger partial charge in [-0.05, 0) is 37.2 Å². The van der Waals surface area contributed by atoms with Gasteiger partial charge in [0.15, 0.2) is 0 Å². The molecule has 1 aliphatic rings. The predicted molar refractivity (Wildman–Crippen MR) is 90.3 cm³/mol. The number of hydrogen-bond donors (Lipinski definition) is 0. The molecule has 0 saturated carbocycles. The Morgan fingerprint density at radius 3 is 2.68 bits per heavy atom. The van der Waals surface area contributed by atoms with Crippen molar-refractivity contribution in [3.63, 3.8) is 0 Å². The summed E-state index contributed by atoms with van der Waals surface area (Å²) >= 11 is 7.19. The van der Waals surface area contributed by atoms with E-state index in [0.717, 1.165) is 31.5 Å². The zero-order chi connectivity index (χ0) is 13.8. The number of hydrogen-bond acceptors (Lipinski definition) is 2. The van der Waals surface area contributed by atoms with Crippen molar-refractivity contribution in [1.82, 2.24) is 4.90 Å². The maximum absolute atomic E-state index is 3.60. The van der Waals surface area contributed by atoms with Crippen LogP contribution in [0.2, 0.25) is 0 Å². The molecular formula is C15H22Br2N2. The van der Waals surface area contributed by atoms with Crippen molar-refractivity contribution in [1.29, 1.82) is 0 Å². The van der Waals surface area contributed by atoms with E-state index in [9.17, 15) is 0 Å². The van der Waals surface area contributed by atoms with Gasteiger partial charge in [0.2, 0.25) is 0 Å². The number of likely N-dealkylation sites (N-methyl/N-ethyl adjacent to an activating group) is 1. The van der Waals surface area contributed by atoms with Gasteiger partial charge in [-0.25, -0.2) is 0 Å². The Hall–Kier alpha value is -0.0600. The number of nitrogens with zero attached hydrogens (tertiary/aromatic N) is 2. The third kappa shape index (κ3) is 3.53. The van der Waals surface area contributed by atoms with Gasteiger partial charge in [0.25, 0.3) is 0 Å². The monoisotopic (exact) mass is 388 g/mol. The highest BCUT2D eigenvalue weighted by Crippen LogP contribution is 2.30. The van der Waals surface area contributed by atoms with Crippen molar-refractivity contribution in [3.8, 4) is 0 Å². The lowest BCUT2D eigenvalue weighted by Gasteiger charge is -2.27. The van der Waals surface area contributed by atoms with Crippen LogP contribution in [0.4, 0.5) is 5.69 Å². The van der Waals surface area contributed by atoms with Crippen LogP contribution in [0.1, 0.15) is 25.8 Å². The topological polar surface area (TPSA) is 6.48 Å². The van der Waals surface area contributed by atoms with Crippen molar-refractivity contribution in [3.05, 3.63) is 28.2 Å². The molecule has 106 valence electrons. The fraction of sp³-hybridized carbons (Fsp3) is 0.600. The molecule has 1 aliphatic heterocycles. The molecule has 1 aromatic rings. The first-order chi connectivity index (χ1) is 9.19. The lowest BCUT2D eigenvalue weighted by atomic mass is 10.2. The third-order valence-corrected chi connectivity index (χ3v) is 5.12. The second kappa shape index (κ2) is 7.09. The molecule has 1 fully saturated rings. The standard InChI is InChI=1S/C15H22Br2N2/c1-3-18(4-2)14-7-8-19(11-14)15-9-13(17)6-5-12(15)10-16/h5-6,9,14H,3-4,7-8,10-11H2,1-2H3. The van der Waals surface area contributed by atoms with Crippen LogP contribution in [0.3, 0.4) is 0 Å². The van der Waals surface area contributed by atoms with E-state index in [1.807, 2.05) is 0 Å². The Morgan fingerprint density at radius 1 is 1.32 bits per heavy atom. The van der Waals surface area contributed by atoms with E-state index in [1.165, 1.54) is 22.1 Å². The van der Waals surface area contributed by atoms with Gasteiger partial charge in [0, 0.05) is 34.6 Å². The van der Waals surface area contributed by atoms with E-state index in [1.54, 1.807) is 0 Å². The molecule has 0 N–H and O–H groups in total. The van der Waals surface area contributed by atoms with Gasteiger partial charge in [-0.15, -0.1) is 0 Å². The van der Waals surface area contributed by atoms with Crippen LogP contribution < -0.4 is 4.90 Å². The van der Waals surface area contributed by atoms with Crippen LogP contribution in [-0.2, 0) is 5.33 Å². The number of benzene rings is 1. The normalized spacial score (nSPS) is 19.4. The van der Waals surface area contributed by atoms with E-state index >= 15 is 0 Å². The minimum Gasteiger partial charge on any atom is -0.370 e. The van der Waals surface area contributed by atoms with Crippen LogP contribution in [-0.4, -0.2) is 37.1 Å². The number of alkyl halides is 1. The van der Waals surface area contributed by atoms with Gasteiger partial charge in [-0.2, -0.15) is 0 Å². The smallest absolute Gasteiger partial charge is 0.0419 e. The molecule has 1 saturated heterocycles. The van der Waals surface area contributed by atoms with Gasteiger partial charge >= 0.3 is 0 Å². The maximum atomic E-state index is 3.60. The summed E-state index contributed by atoms with van der Waals surface area (Å²) in [7, 11) is 0. The summed E-state index contributed by atoms with van der Waals surface area (Å²) in [6, 6.07) is 7.29. The largest absolute Gasteiger partial charge is 0.370 e. The van der Waals surface area contributed by atoms with Crippen molar-refractivity contribution in [2.24, 2.45) is 0 Å². The molecule has 0 amide bonds. The lowest BCUT2D eigenvalue weighted by Crippen LogP contribution is -2.37. The van der Waals surface area contributed by atoms with Gasteiger partial charge in [0.05, 0.1) is 0 Å². The summed E-state index contributed by atoms with van der Waals surface area (Å²) in [4.78, 5) is 5.11. The van der Waals surface area contributed by atoms with Gasteiger partial charge in [-0.1, -0.05) is 51.8 Å². The predicted octanol–water partition coefficient (Wildman–Crippen LogP) is 4.26. The Labute approximate surface area is 133 Å². The van der Waals surface area contributed by atoms with Gasteiger partial charge in [0.1, 0.15) is 0 Å². The average molecular weight is 390 g/mol. The summed E-state index contributed by atoms with van der Waals surface area (Å²) in [6.07, 6.45) is 1.27. The van der Waals surface area contributed by atoms with Gasteiger partial charge < -0.3 is 4.90 Å². The molecule has 1 atom stereocenters. The van der Waals surface area contributed by atoms with Crippen LogP contribution >= 0.6 is 31.9 Å². The molecule has 0 aromatic heterocycles. The van der Waals surface area contributed by atoms with E-state index in [4.69, 9.17) is 0 Å². The first-order valence-corrected chi connectivity index (χ1v) is 8.94. The number of halogens is 2. The molecular weight excluding hydrogens is 368 g/mol. The highest BCUT2D eigenvalue weighted by molar-refractivity contribution is 9.10. The van der Waals surface area contributed by atoms with Crippen LogP contribution in [0.25, 0.3) is 0 Å².